The topological polar surface area (TPSA) is 66.6 Å². The number of rotatable bonds is 4. The number of nitrogens with zero attached hydrogens (tertiary/aromatic N) is 1. The van der Waals surface area contributed by atoms with E-state index in [0.717, 1.165) is 32.2 Å². The highest BCUT2D eigenvalue weighted by atomic mass is 16.3. The number of carbonyl (C=O) groups excluding carboxylic acids is 1. The summed E-state index contributed by atoms with van der Waals surface area (Å²) in [6, 6.07) is -0.0376. The molecule has 0 bridgehead atoms. The van der Waals surface area contributed by atoms with E-state index >= 15 is 0 Å². The molecule has 4 nitrogen and oxygen atoms in total. The first-order valence-electron chi connectivity index (χ1n) is 6.20. The molecule has 94 valence electrons. The Balaban J connectivity index is 2.41. The molecule has 0 saturated carbocycles. The van der Waals surface area contributed by atoms with Gasteiger partial charge in [0.2, 0.25) is 5.91 Å². The minimum absolute atomic E-state index is 0.0376. The van der Waals surface area contributed by atoms with Gasteiger partial charge in [-0.15, -0.1) is 0 Å². The Morgan fingerprint density at radius 1 is 1.62 bits per heavy atom. The van der Waals surface area contributed by atoms with Crippen molar-refractivity contribution < 1.29 is 9.90 Å². The van der Waals surface area contributed by atoms with Gasteiger partial charge in [-0.3, -0.25) is 4.79 Å². The number of carbonyl (C=O) groups is 1. The highest BCUT2D eigenvalue weighted by Gasteiger charge is 2.31. The quantitative estimate of drug-likeness (QED) is 0.750. The lowest BCUT2D eigenvalue weighted by molar-refractivity contribution is -0.137. The van der Waals surface area contributed by atoms with Crippen molar-refractivity contribution >= 4 is 5.91 Å². The molecule has 0 aromatic rings. The van der Waals surface area contributed by atoms with Gasteiger partial charge in [-0.2, -0.15) is 0 Å². The highest BCUT2D eigenvalue weighted by molar-refractivity contribution is 5.77. The molecule has 1 amide bonds. The predicted octanol–water partition coefficient (Wildman–Crippen LogP) is 0.877. The molecule has 2 unspecified atom stereocenters. The van der Waals surface area contributed by atoms with Crippen LogP contribution in [0.4, 0.5) is 0 Å². The molecular formula is C12H24N2O2. The Kier molecular flexibility index (Phi) is 4.74. The molecule has 1 aliphatic heterocycles. The fourth-order valence-corrected chi connectivity index (χ4v) is 2.26. The molecule has 2 atom stereocenters. The van der Waals surface area contributed by atoms with Gasteiger partial charge in [0.1, 0.15) is 0 Å². The number of nitrogens with two attached hydrogens (primary N) is 1. The van der Waals surface area contributed by atoms with Crippen LogP contribution in [0, 0.1) is 0 Å². The van der Waals surface area contributed by atoms with E-state index < -0.39 is 5.60 Å². The molecule has 3 N–H and O–H groups in total. The van der Waals surface area contributed by atoms with E-state index in [1.807, 2.05) is 0 Å². The molecule has 0 aliphatic carbocycles. The summed E-state index contributed by atoms with van der Waals surface area (Å²) in [5, 5.41) is 9.91. The molecule has 1 aliphatic rings. The van der Waals surface area contributed by atoms with Gasteiger partial charge < -0.3 is 15.7 Å². The fraction of sp³-hybridized carbons (Fsp3) is 0.917. The molecule has 0 spiro atoms. The van der Waals surface area contributed by atoms with E-state index in [0.29, 0.717) is 13.0 Å². The molecule has 1 rings (SSSR count). The van der Waals surface area contributed by atoms with Crippen LogP contribution in [-0.4, -0.2) is 40.6 Å². The molecule has 1 fully saturated rings. The summed E-state index contributed by atoms with van der Waals surface area (Å²) >= 11 is 0. The summed E-state index contributed by atoms with van der Waals surface area (Å²) in [6.45, 7) is 5.06. The summed E-state index contributed by atoms with van der Waals surface area (Å²) in [7, 11) is 0. The van der Waals surface area contributed by atoms with Gasteiger partial charge in [-0.1, -0.05) is 13.3 Å². The average Bonchev–Trinajstić information content (AvgIpc) is 2.16. The Bertz CT molecular complexity index is 241. The second-order valence-electron chi connectivity index (χ2n) is 5.17. The SMILES string of the molecule is CCCC(N)CC(=O)N1CCCC(C)(O)C1. The lowest BCUT2D eigenvalue weighted by Gasteiger charge is -2.37. The zero-order valence-corrected chi connectivity index (χ0v) is 10.4. The Hall–Kier alpha value is -0.610. The van der Waals surface area contributed by atoms with Gasteiger partial charge in [0, 0.05) is 25.6 Å². The van der Waals surface area contributed by atoms with Crippen molar-refractivity contribution in [1.82, 2.24) is 4.90 Å². The Labute approximate surface area is 97.8 Å². The highest BCUT2D eigenvalue weighted by Crippen LogP contribution is 2.21. The van der Waals surface area contributed by atoms with Crippen LogP contribution in [-0.2, 0) is 4.79 Å². The Morgan fingerprint density at radius 2 is 2.31 bits per heavy atom. The molecule has 4 heteroatoms. The van der Waals surface area contributed by atoms with E-state index in [9.17, 15) is 9.90 Å². The van der Waals surface area contributed by atoms with Crippen LogP contribution in [0.5, 0.6) is 0 Å². The van der Waals surface area contributed by atoms with E-state index in [-0.39, 0.29) is 11.9 Å². The van der Waals surface area contributed by atoms with Crippen LogP contribution >= 0.6 is 0 Å². The minimum atomic E-state index is -0.719. The van der Waals surface area contributed by atoms with E-state index in [1.54, 1.807) is 11.8 Å². The lowest BCUT2D eigenvalue weighted by Crippen LogP contribution is -2.49. The van der Waals surface area contributed by atoms with E-state index in [2.05, 4.69) is 6.92 Å². The van der Waals surface area contributed by atoms with Crippen LogP contribution in [0.1, 0.15) is 46.0 Å². The average molecular weight is 228 g/mol. The molecule has 0 radical (unpaired) electrons. The number of likely N-dealkylation sites (tertiary alicyclic amines) is 1. The van der Waals surface area contributed by atoms with Crippen LogP contribution in [0.25, 0.3) is 0 Å². The lowest BCUT2D eigenvalue weighted by atomic mass is 9.94. The van der Waals surface area contributed by atoms with Crippen LogP contribution < -0.4 is 5.73 Å². The van der Waals surface area contributed by atoms with Crippen molar-refractivity contribution in [3.05, 3.63) is 0 Å². The third kappa shape index (κ3) is 4.10. The second-order valence-corrected chi connectivity index (χ2v) is 5.17. The number of piperidine rings is 1. The van der Waals surface area contributed by atoms with Crippen LogP contribution in [0.2, 0.25) is 0 Å². The van der Waals surface area contributed by atoms with Crippen molar-refractivity contribution in [2.45, 2.75) is 57.6 Å². The van der Waals surface area contributed by atoms with Crippen molar-refractivity contribution in [3.8, 4) is 0 Å². The summed E-state index contributed by atoms with van der Waals surface area (Å²) in [4.78, 5) is 13.7. The summed E-state index contributed by atoms with van der Waals surface area (Å²) in [5.41, 5.74) is 5.13. The minimum Gasteiger partial charge on any atom is -0.388 e. The van der Waals surface area contributed by atoms with Gasteiger partial charge in [-0.05, 0) is 26.2 Å². The standard InChI is InChI=1S/C12H24N2O2/c1-3-5-10(13)8-11(15)14-7-4-6-12(2,16)9-14/h10,16H,3-9,13H2,1-2H3. The van der Waals surface area contributed by atoms with Crippen molar-refractivity contribution in [2.24, 2.45) is 5.73 Å². The zero-order chi connectivity index (χ0) is 12.2. The van der Waals surface area contributed by atoms with Gasteiger partial charge in [0.05, 0.1) is 5.60 Å². The van der Waals surface area contributed by atoms with Gasteiger partial charge >= 0.3 is 0 Å². The molecule has 1 saturated heterocycles. The predicted molar refractivity (Wildman–Crippen MR) is 63.9 cm³/mol. The molecular weight excluding hydrogens is 204 g/mol. The van der Waals surface area contributed by atoms with E-state index in [1.165, 1.54) is 0 Å². The van der Waals surface area contributed by atoms with Crippen molar-refractivity contribution in [2.75, 3.05) is 13.1 Å². The van der Waals surface area contributed by atoms with E-state index in [4.69, 9.17) is 5.73 Å². The van der Waals surface area contributed by atoms with Crippen LogP contribution in [0.15, 0.2) is 0 Å². The number of hydrogen-bond donors (Lipinski definition) is 2. The first kappa shape index (κ1) is 13.5. The second kappa shape index (κ2) is 5.64. The largest absolute Gasteiger partial charge is 0.388 e. The van der Waals surface area contributed by atoms with Gasteiger partial charge in [0.15, 0.2) is 0 Å². The first-order chi connectivity index (χ1) is 7.44. The first-order valence-corrected chi connectivity index (χ1v) is 6.20. The number of hydrogen-bond acceptors (Lipinski definition) is 3. The monoisotopic (exact) mass is 228 g/mol. The van der Waals surface area contributed by atoms with Gasteiger partial charge in [0.25, 0.3) is 0 Å². The summed E-state index contributed by atoms with van der Waals surface area (Å²) in [6.07, 6.45) is 3.95. The normalized spacial score (nSPS) is 27.9. The molecule has 16 heavy (non-hydrogen) atoms. The molecule has 0 aromatic carbocycles. The number of β-amino-alcohol motifs (C(OH)–C–C–N with tert-alkyl or cyclic N) is 1. The summed E-state index contributed by atoms with van der Waals surface area (Å²) in [5.74, 6) is 0.0842. The molecule has 0 aromatic heterocycles. The smallest absolute Gasteiger partial charge is 0.224 e. The Morgan fingerprint density at radius 3 is 2.88 bits per heavy atom. The van der Waals surface area contributed by atoms with Crippen molar-refractivity contribution in [3.63, 3.8) is 0 Å². The maximum atomic E-state index is 11.9. The van der Waals surface area contributed by atoms with Crippen LogP contribution in [0.3, 0.4) is 0 Å². The maximum Gasteiger partial charge on any atom is 0.224 e. The summed E-state index contributed by atoms with van der Waals surface area (Å²) < 4.78 is 0. The maximum absolute atomic E-state index is 11.9. The zero-order valence-electron chi connectivity index (χ0n) is 10.4. The molecule has 1 heterocycles. The third-order valence-corrected chi connectivity index (χ3v) is 3.12. The van der Waals surface area contributed by atoms with Crippen molar-refractivity contribution in [1.29, 1.82) is 0 Å². The van der Waals surface area contributed by atoms with Gasteiger partial charge in [-0.25, -0.2) is 0 Å². The number of amides is 1. The number of aliphatic hydroxyl groups is 1. The third-order valence-electron chi connectivity index (χ3n) is 3.12. The fourth-order valence-electron chi connectivity index (χ4n) is 2.26.